The van der Waals surface area contributed by atoms with Crippen LogP contribution in [0.15, 0.2) is 72.9 Å². The summed E-state index contributed by atoms with van der Waals surface area (Å²) in [6, 6.07) is 15.9. The van der Waals surface area contributed by atoms with Crippen molar-refractivity contribution in [3.05, 3.63) is 101 Å². The zero-order valence-corrected chi connectivity index (χ0v) is 19.5. The summed E-state index contributed by atoms with van der Waals surface area (Å²) < 4.78 is 55.0. The van der Waals surface area contributed by atoms with E-state index in [1.165, 1.54) is 24.3 Å². The van der Waals surface area contributed by atoms with Crippen molar-refractivity contribution in [3.8, 4) is 11.3 Å². The Bertz CT molecular complexity index is 1510. The Morgan fingerprint density at radius 3 is 2.43 bits per heavy atom. The summed E-state index contributed by atoms with van der Waals surface area (Å²) in [6.45, 7) is 0.432. The Kier molecular flexibility index (Phi) is 6.02. The second-order valence-electron chi connectivity index (χ2n) is 8.60. The van der Waals surface area contributed by atoms with E-state index in [1.807, 2.05) is 37.5 Å². The largest absolute Gasteiger partial charge is 0.419 e. The fraction of sp³-hybridized carbons (Fsp3) is 0.148. The normalized spacial score (nSPS) is 12.9. The third-order valence-electron chi connectivity index (χ3n) is 6.14. The molecule has 0 saturated heterocycles. The van der Waals surface area contributed by atoms with Crippen LogP contribution in [-0.2, 0) is 19.6 Å². The van der Waals surface area contributed by atoms with Crippen LogP contribution in [0.4, 0.5) is 28.9 Å². The number of aromatic nitrogens is 2. The van der Waals surface area contributed by atoms with Gasteiger partial charge in [0.25, 0.3) is 11.8 Å². The lowest BCUT2D eigenvalue weighted by Gasteiger charge is -2.23. The van der Waals surface area contributed by atoms with Crippen LogP contribution in [0.25, 0.3) is 11.3 Å². The zero-order valence-electron chi connectivity index (χ0n) is 19.5. The minimum absolute atomic E-state index is 0.201. The third-order valence-corrected chi connectivity index (χ3v) is 6.14. The number of nitrogens with zero attached hydrogens (tertiary/aromatic N) is 3. The van der Waals surface area contributed by atoms with Crippen LogP contribution in [0.1, 0.15) is 31.8 Å². The van der Waals surface area contributed by atoms with Gasteiger partial charge in [0, 0.05) is 36.6 Å². The number of hydrogen-bond donors (Lipinski definition) is 1. The van der Waals surface area contributed by atoms with Crippen LogP contribution in [0, 0.1) is 5.82 Å². The molecule has 0 aliphatic carbocycles. The second-order valence-corrected chi connectivity index (χ2v) is 8.60. The maximum atomic E-state index is 14.3. The molecule has 2 heterocycles. The van der Waals surface area contributed by atoms with Crippen LogP contribution < -0.4 is 10.2 Å². The molecule has 188 valence electrons. The lowest BCUT2D eigenvalue weighted by Crippen LogP contribution is -2.32. The van der Waals surface area contributed by atoms with E-state index in [0.29, 0.717) is 24.6 Å². The number of anilines is 2. The van der Waals surface area contributed by atoms with E-state index in [-0.39, 0.29) is 11.6 Å². The Hall–Kier alpha value is -4.47. The number of carbonyl (C=O) groups is 2. The minimum atomic E-state index is -4.92. The molecular formula is C27H20F4N4O2. The van der Waals surface area contributed by atoms with Gasteiger partial charge in [-0.1, -0.05) is 24.3 Å². The smallest absolute Gasteiger partial charge is 0.322 e. The van der Waals surface area contributed by atoms with Crippen LogP contribution in [-0.4, -0.2) is 28.1 Å². The van der Waals surface area contributed by atoms with Crippen LogP contribution in [0.5, 0.6) is 0 Å². The summed E-state index contributed by atoms with van der Waals surface area (Å²) >= 11 is 0. The number of carbonyl (C=O) groups excluding carboxylic acids is 2. The van der Waals surface area contributed by atoms with Crippen molar-refractivity contribution in [1.29, 1.82) is 0 Å². The van der Waals surface area contributed by atoms with Crippen molar-refractivity contribution in [2.45, 2.75) is 12.6 Å². The van der Waals surface area contributed by atoms with Crippen LogP contribution >= 0.6 is 0 Å². The number of rotatable bonds is 3. The van der Waals surface area contributed by atoms with Crippen molar-refractivity contribution >= 4 is 23.2 Å². The van der Waals surface area contributed by atoms with E-state index < -0.39 is 29.0 Å². The lowest BCUT2D eigenvalue weighted by atomic mass is 10.1. The molecule has 0 atom stereocenters. The molecule has 0 radical (unpaired) electrons. The molecule has 3 aromatic carbocycles. The first-order valence-electron chi connectivity index (χ1n) is 11.3. The zero-order chi connectivity index (χ0) is 26.3. The number of aryl methyl sites for hydroxylation is 1. The van der Waals surface area contributed by atoms with E-state index in [1.54, 1.807) is 9.58 Å². The fourth-order valence-corrected chi connectivity index (χ4v) is 4.40. The topological polar surface area (TPSA) is 67.2 Å². The van der Waals surface area contributed by atoms with Crippen LogP contribution in [0.3, 0.4) is 0 Å². The Balaban J connectivity index is 1.37. The van der Waals surface area contributed by atoms with Gasteiger partial charge in [0.15, 0.2) is 0 Å². The molecule has 6 nitrogen and oxygen atoms in total. The molecule has 10 heteroatoms. The number of halogens is 4. The van der Waals surface area contributed by atoms with Gasteiger partial charge < -0.3 is 10.2 Å². The quantitative estimate of drug-likeness (QED) is 0.361. The van der Waals surface area contributed by atoms with E-state index >= 15 is 0 Å². The summed E-state index contributed by atoms with van der Waals surface area (Å²) in [5.41, 5.74) is 1.72. The van der Waals surface area contributed by atoms with Gasteiger partial charge in [0.05, 0.1) is 22.5 Å². The first-order chi connectivity index (χ1) is 17.6. The average molecular weight is 508 g/mol. The molecule has 0 saturated carbocycles. The number of fused-ring (bicyclic) bond motifs is 3. The monoisotopic (exact) mass is 508 g/mol. The first kappa shape index (κ1) is 24.2. The highest BCUT2D eigenvalue weighted by Gasteiger charge is 2.35. The van der Waals surface area contributed by atoms with E-state index in [2.05, 4.69) is 10.4 Å². The van der Waals surface area contributed by atoms with E-state index in [4.69, 9.17) is 0 Å². The number of benzene rings is 3. The molecule has 37 heavy (non-hydrogen) atoms. The van der Waals surface area contributed by atoms with Crippen molar-refractivity contribution < 1.29 is 27.2 Å². The lowest BCUT2D eigenvalue weighted by molar-refractivity contribution is -0.140. The molecule has 1 aromatic heterocycles. The first-order valence-corrected chi connectivity index (χ1v) is 11.3. The number of alkyl halides is 3. The highest BCUT2D eigenvalue weighted by atomic mass is 19.4. The number of nitrogens with one attached hydrogen (secondary N) is 1. The Labute approximate surface area is 209 Å². The summed E-state index contributed by atoms with van der Waals surface area (Å²) in [5, 5.41) is 6.94. The number of hydrogen-bond acceptors (Lipinski definition) is 3. The van der Waals surface area contributed by atoms with Gasteiger partial charge in [-0.3, -0.25) is 14.3 Å². The molecule has 4 aromatic rings. The van der Waals surface area contributed by atoms with Gasteiger partial charge in [0.1, 0.15) is 5.82 Å². The molecule has 0 bridgehead atoms. The number of para-hydroxylation sites is 1. The highest BCUT2D eigenvalue weighted by molar-refractivity contribution is 6.09. The molecule has 1 N–H and O–H groups in total. The van der Waals surface area contributed by atoms with Gasteiger partial charge >= 0.3 is 6.18 Å². The maximum Gasteiger partial charge on any atom is 0.419 e. The molecular weight excluding hydrogens is 488 g/mol. The highest BCUT2D eigenvalue weighted by Crippen LogP contribution is 2.36. The third kappa shape index (κ3) is 4.57. The second kappa shape index (κ2) is 9.20. The minimum Gasteiger partial charge on any atom is -0.322 e. The average Bonchev–Trinajstić information content (AvgIpc) is 3.17. The summed E-state index contributed by atoms with van der Waals surface area (Å²) in [7, 11) is 1.85. The van der Waals surface area contributed by atoms with E-state index in [0.717, 1.165) is 34.6 Å². The van der Waals surface area contributed by atoms with Crippen molar-refractivity contribution in [2.24, 2.45) is 7.05 Å². The van der Waals surface area contributed by atoms with Gasteiger partial charge in [-0.2, -0.15) is 18.3 Å². The predicted molar refractivity (Wildman–Crippen MR) is 130 cm³/mol. The summed E-state index contributed by atoms with van der Waals surface area (Å²) in [4.78, 5) is 27.6. The maximum absolute atomic E-state index is 14.3. The molecule has 1 aliphatic rings. The van der Waals surface area contributed by atoms with E-state index in [9.17, 15) is 27.2 Å². The molecule has 0 unspecified atom stereocenters. The summed E-state index contributed by atoms with van der Waals surface area (Å²) in [5.74, 6) is -2.94. The molecule has 2 amide bonds. The van der Waals surface area contributed by atoms with Gasteiger partial charge in [-0.15, -0.1) is 0 Å². The number of amides is 2. The van der Waals surface area contributed by atoms with Gasteiger partial charge in [-0.25, -0.2) is 4.39 Å². The Morgan fingerprint density at radius 2 is 1.70 bits per heavy atom. The Morgan fingerprint density at radius 1 is 0.973 bits per heavy atom. The molecule has 0 fully saturated rings. The fourth-order valence-electron chi connectivity index (χ4n) is 4.40. The standard InChI is InChI=1S/C27H20F4N4O2/c1-34-15-17-13-14-35(22-8-3-2-5-19(22)24(17)33-34)26(37)16-9-11-18(12-10-16)32-25(36)20-6-4-7-21(23(20)28)27(29,30)31/h2-12,15H,13-14H2,1H3,(H,32,36). The predicted octanol–water partition coefficient (Wildman–Crippen LogP) is 5.70. The summed E-state index contributed by atoms with van der Waals surface area (Å²) in [6.07, 6.45) is -2.38. The van der Waals surface area contributed by atoms with Gasteiger partial charge in [-0.05, 0) is 54.4 Å². The van der Waals surface area contributed by atoms with Crippen molar-refractivity contribution in [3.63, 3.8) is 0 Å². The molecule has 5 rings (SSSR count). The molecule has 0 spiro atoms. The van der Waals surface area contributed by atoms with Gasteiger partial charge in [0.2, 0.25) is 0 Å². The van der Waals surface area contributed by atoms with Crippen LogP contribution in [0.2, 0.25) is 0 Å². The van der Waals surface area contributed by atoms with Crippen molar-refractivity contribution in [2.75, 3.05) is 16.8 Å². The molecule has 1 aliphatic heterocycles. The van der Waals surface area contributed by atoms with Crippen molar-refractivity contribution in [1.82, 2.24) is 9.78 Å². The SMILES string of the molecule is Cn1cc2c(n1)-c1ccccc1N(C(=O)c1ccc(NC(=O)c3cccc(C(F)(F)F)c3F)cc1)CC2.